The van der Waals surface area contributed by atoms with Gasteiger partial charge in [0.25, 0.3) is 0 Å². The van der Waals surface area contributed by atoms with Gasteiger partial charge in [0.15, 0.2) is 0 Å². The molecule has 1 aromatic carbocycles. The number of carbonyl (C=O) groups is 1. The highest BCUT2D eigenvalue weighted by molar-refractivity contribution is 5.85. The fourth-order valence-electron chi connectivity index (χ4n) is 3.69. The van der Waals surface area contributed by atoms with E-state index in [1.54, 1.807) is 6.07 Å². The second-order valence-electron chi connectivity index (χ2n) is 8.68. The minimum absolute atomic E-state index is 0.0899. The quantitative estimate of drug-likeness (QED) is 0.715. The van der Waals surface area contributed by atoms with Crippen molar-refractivity contribution < 1.29 is 22.7 Å². The van der Waals surface area contributed by atoms with E-state index in [0.717, 1.165) is 24.5 Å². The summed E-state index contributed by atoms with van der Waals surface area (Å²) in [5.74, 6) is 1.10. The molecule has 4 rings (SSSR count). The van der Waals surface area contributed by atoms with Crippen LogP contribution in [0.3, 0.4) is 0 Å². The predicted molar refractivity (Wildman–Crippen MR) is 111 cm³/mol. The van der Waals surface area contributed by atoms with Crippen LogP contribution in [0.25, 0.3) is 0 Å². The molecule has 1 amide bonds. The third-order valence-corrected chi connectivity index (χ3v) is 6.07. The number of nitrogens with zero attached hydrogens (tertiary/aromatic N) is 2. The highest BCUT2D eigenvalue weighted by atomic mass is 19.4. The molecule has 0 bridgehead atoms. The van der Waals surface area contributed by atoms with Crippen LogP contribution in [-0.2, 0) is 11.0 Å². The summed E-state index contributed by atoms with van der Waals surface area (Å²) < 4.78 is 44.8. The molecule has 1 aromatic heterocycles. The summed E-state index contributed by atoms with van der Waals surface area (Å²) in [4.78, 5) is 17.8. The Balaban J connectivity index is 1.33. The number of anilines is 1. The number of hydrogen-bond acceptors (Lipinski definition) is 4. The number of amides is 1. The molecule has 8 heteroatoms. The van der Waals surface area contributed by atoms with Crippen LogP contribution >= 0.6 is 0 Å². The third-order valence-electron chi connectivity index (χ3n) is 6.07. The number of rotatable bonds is 6. The largest absolute Gasteiger partial charge is 0.489 e. The smallest absolute Gasteiger partial charge is 0.433 e. The molecule has 2 aliphatic rings. The van der Waals surface area contributed by atoms with Crippen LogP contribution < -0.4 is 15.0 Å². The van der Waals surface area contributed by atoms with Gasteiger partial charge in [0.1, 0.15) is 23.4 Å². The Hall–Kier alpha value is -2.77. The average Bonchev–Trinajstić information content (AvgIpc) is 3.32. The monoisotopic (exact) mass is 433 g/mol. The maximum atomic E-state index is 12.9. The summed E-state index contributed by atoms with van der Waals surface area (Å²) in [5, 5.41) is 3.06. The minimum atomic E-state index is -4.46. The van der Waals surface area contributed by atoms with Crippen molar-refractivity contribution in [3.05, 3.63) is 53.7 Å². The Morgan fingerprint density at radius 3 is 2.58 bits per heavy atom. The van der Waals surface area contributed by atoms with E-state index in [1.165, 1.54) is 6.07 Å². The average molecular weight is 433 g/mol. The first-order valence-electron chi connectivity index (χ1n) is 10.5. The van der Waals surface area contributed by atoms with E-state index in [4.69, 9.17) is 4.74 Å². The van der Waals surface area contributed by atoms with E-state index in [-0.39, 0.29) is 23.5 Å². The van der Waals surface area contributed by atoms with Crippen molar-refractivity contribution in [3.63, 3.8) is 0 Å². The third kappa shape index (κ3) is 4.94. The summed E-state index contributed by atoms with van der Waals surface area (Å²) in [6, 6.07) is 11.4. The number of carbonyl (C=O) groups excluding carboxylic acids is 1. The van der Waals surface area contributed by atoms with Crippen LogP contribution in [0.4, 0.5) is 19.0 Å². The molecule has 0 radical (unpaired) electrons. The zero-order valence-corrected chi connectivity index (χ0v) is 17.6. The number of nitrogens with one attached hydrogen (secondary N) is 1. The fourth-order valence-corrected chi connectivity index (χ4v) is 3.69. The number of ether oxygens (including phenoxy) is 1. The van der Waals surface area contributed by atoms with Crippen LogP contribution in [0, 0.1) is 5.41 Å². The number of hydrogen-bond donors (Lipinski definition) is 1. The van der Waals surface area contributed by atoms with Crippen LogP contribution in [0.2, 0.25) is 0 Å². The van der Waals surface area contributed by atoms with Gasteiger partial charge >= 0.3 is 6.18 Å². The van der Waals surface area contributed by atoms with Crippen LogP contribution in [0.15, 0.2) is 42.5 Å². The van der Waals surface area contributed by atoms with Gasteiger partial charge in [-0.3, -0.25) is 4.79 Å². The van der Waals surface area contributed by atoms with Crippen molar-refractivity contribution in [2.75, 3.05) is 18.0 Å². The lowest BCUT2D eigenvalue weighted by Crippen LogP contribution is -2.32. The summed E-state index contributed by atoms with van der Waals surface area (Å²) in [6.45, 7) is 4.99. The van der Waals surface area contributed by atoms with Crippen molar-refractivity contribution in [2.45, 2.75) is 51.4 Å². The van der Waals surface area contributed by atoms with E-state index in [9.17, 15) is 18.0 Å². The molecule has 2 aromatic rings. The Bertz CT molecular complexity index is 942. The molecule has 5 nitrogen and oxygen atoms in total. The second-order valence-corrected chi connectivity index (χ2v) is 8.68. The molecule has 1 aliphatic heterocycles. The molecule has 2 atom stereocenters. The highest BCUT2D eigenvalue weighted by Crippen LogP contribution is 2.45. The van der Waals surface area contributed by atoms with E-state index >= 15 is 0 Å². The number of alkyl halides is 3. The molecule has 166 valence electrons. The van der Waals surface area contributed by atoms with Crippen molar-refractivity contribution in [3.8, 4) is 5.75 Å². The van der Waals surface area contributed by atoms with Gasteiger partial charge in [-0.25, -0.2) is 4.98 Å². The second kappa shape index (κ2) is 8.05. The van der Waals surface area contributed by atoms with Crippen molar-refractivity contribution in [1.29, 1.82) is 0 Å². The number of pyridine rings is 1. The Morgan fingerprint density at radius 1 is 1.23 bits per heavy atom. The molecule has 1 saturated carbocycles. The maximum absolute atomic E-state index is 12.9. The number of halogens is 3. The maximum Gasteiger partial charge on any atom is 0.433 e. The standard InChI is InChI=1S/C23H26F3N3O2/c1-15(27-21(30)22(2)11-12-22)16-6-8-17(9-7-16)31-18-10-13-29(14-18)20-5-3-4-19(28-20)23(24,25)26/h3-9,15,18H,10-14H2,1-2H3,(H,27,30)/t15-,18+/m0/s1. The van der Waals surface area contributed by atoms with Crippen LogP contribution in [0.5, 0.6) is 5.75 Å². The molecule has 2 fully saturated rings. The van der Waals surface area contributed by atoms with E-state index in [0.29, 0.717) is 31.1 Å². The minimum Gasteiger partial charge on any atom is -0.489 e. The molecule has 31 heavy (non-hydrogen) atoms. The SMILES string of the molecule is C[C@H](NC(=O)C1(C)CC1)c1ccc(O[C@@H]2CCN(c3cccc(C(F)(F)F)n3)C2)cc1. The molecule has 2 heterocycles. The molecule has 0 spiro atoms. The van der Waals surface area contributed by atoms with Crippen molar-refractivity contribution in [1.82, 2.24) is 10.3 Å². The molecular weight excluding hydrogens is 407 g/mol. The van der Waals surface area contributed by atoms with Gasteiger partial charge in [-0.2, -0.15) is 13.2 Å². The summed E-state index contributed by atoms with van der Waals surface area (Å²) in [5.41, 5.74) is -0.104. The van der Waals surface area contributed by atoms with E-state index in [2.05, 4.69) is 10.3 Å². The van der Waals surface area contributed by atoms with Gasteiger partial charge < -0.3 is 15.0 Å². The highest BCUT2D eigenvalue weighted by Gasteiger charge is 2.45. The van der Waals surface area contributed by atoms with Crippen molar-refractivity contribution in [2.24, 2.45) is 5.41 Å². The lowest BCUT2D eigenvalue weighted by Gasteiger charge is -2.20. The molecule has 1 saturated heterocycles. The Morgan fingerprint density at radius 2 is 1.94 bits per heavy atom. The zero-order chi connectivity index (χ0) is 22.2. The van der Waals surface area contributed by atoms with Gasteiger partial charge in [0.2, 0.25) is 5.91 Å². The lowest BCUT2D eigenvalue weighted by molar-refractivity contribution is -0.141. The van der Waals surface area contributed by atoms with Gasteiger partial charge in [0.05, 0.1) is 12.6 Å². The molecular formula is C23H26F3N3O2. The molecule has 1 N–H and O–H groups in total. The molecule has 0 unspecified atom stereocenters. The first-order valence-corrected chi connectivity index (χ1v) is 10.5. The topological polar surface area (TPSA) is 54.5 Å². The van der Waals surface area contributed by atoms with Crippen LogP contribution in [-0.4, -0.2) is 30.1 Å². The van der Waals surface area contributed by atoms with Gasteiger partial charge in [0, 0.05) is 18.4 Å². The van der Waals surface area contributed by atoms with Gasteiger partial charge in [-0.15, -0.1) is 0 Å². The van der Waals surface area contributed by atoms with Gasteiger partial charge in [-0.05, 0) is 49.6 Å². The number of aromatic nitrogens is 1. The van der Waals surface area contributed by atoms with Crippen molar-refractivity contribution >= 4 is 11.7 Å². The summed E-state index contributed by atoms with van der Waals surface area (Å²) in [6.07, 6.45) is -2.01. The Kier molecular flexibility index (Phi) is 5.58. The first-order chi connectivity index (χ1) is 14.6. The lowest BCUT2D eigenvalue weighted by atomic mass is 10.1. The fraction of sp³-hybridized carbons (Fsp3) is 0.478. The van der Waals surface area contributed by atoms with Crippen LogP contribution in [0.1, 0.15) is 50.4 Å². The first kappa shape index (κ1) is 21.5. The molecule has 1 aliphatic carbocycles. The predicted octanol–water partition coefficient (Wildman–Crippen LogP) is 4.74. The van der Waals surface area contributed by atoms with Gasteiger partial charge in [-0.1, -0.05) is 25.1 Å². The van der Waals surface area contributed by atoms with E-state index < -0.39 is 11.9 Å². The Labute approximate surface area is 179 Å². The zero-order valence-electron chi connectivity index (χ0n) is 17.6. The normalized spacial score (nSPS) is 20.9. The summed E-state index contributed by atoms with van der Waals surface area (Å²) >= 11 is 0. The number of benzene rings is 1. The summed E-state index contributed by atoms with van der Waals surface area (Å²) in [7, 11) is 0. The van der Waals surface area contributed by atoms with E-state index in [1.807, 2.05) is 43.0 Å².